The molecule has 0 aromatic rings. The molecular formula is C6H11N3O2S. The maximum Gasteiger partial charge on any atom is 0.244 e. The van der Waals surface area contributed by atoms with Crippen molar-refractivity contribution < 1.29 is 9.59 Å². The Hall–Kier alpha value is -0.590. The van der Waals surface area contributed by atoms with E-state index in [0.717, 1.165) is 11.9 Å². The molecule has 1 heterocycles. The third kappa shape index (κ3) is 1.60. The Morgan fingerprint density at radius 2 is 2.25 bits per heavy atom. The van der Waals surface area contributed by atoms with Gasteiger partial charge in [0.25, 0.3) is 0 Å². The minimum absolute atomic E-state index is 0.173. The Morgan fingerprint density at radius 3 is 2.67 bits per heavy atom. The lowest BCUT2D eigenvalue weighted by Crippen LogP contribution is -2.35. The van der Waals surface area contributed by atoms with Crippen molar-refractivity contribution in [3.05, 3.63) is 0 Å². The van der Waals surface area contributed by atoms with Gasteiger partial charge >= 0.3 is 0 Å². The second-order valence-corrected chi connectivity index (χ2v) is 3.34. The summed E-state index contributed by atoms with van der Waals surface area (Å²) in [6.45, 7) is 0.605. The van der Waals surface area contributed by atoms with Gasteiger partial charge in [0.15, 0.2) is 0 Å². The van der Waals surface area contributed by atoms with E-state index in [-0.39, 0.29) is 18.2 Å². The first-order valence-electron chi connectivity index (χ1n) is 3.60. The highest BCUT2D eigenvalue weighted by atomic mass is 32.2. The second-order valence-electron chi connectivity index (χ2n) is 2.50. The van der Waals surface area contributed by atoms with Crippen LogP contribution in [0.15, 0.2) is 0 Å². The largest absolute Gasteiger partial charge is 0.329 e. The molecule has 1 saturated heterocycles. The van der Waals surface area contributed by atoms with Gasteiger partial charge in [-0.3, -0.25) is 19.6 Å². The van der Waals surface area contributed by atoms with Crippen molar-refractivity contribution >= 4 is 23.8 Å². The summed E-state index contributed by atoms with van der Waals surface area (Å²) in [5.74, 6) is -0.383. The maximum absolute atomic E-state index is 11.3. The summed E-state index contributed by atoms with van der Waals surface area (Å²) in [6.07, 6.45) is 0.208. The van der Waals surface area contributed by atoms with E-state index in [9.17, 15) is 9.59 Å². The minimum Gasteiger partial charge on any atom is -0.329 e. The van der Waals surface area contributed by atoms with Crippen molar-refractivity contribution in [3.8, 4) is 0 Å². The van der Waals surface area contributed by atoms with E-state index in [2.05, 4.69) is 0 Å². The van der Waals surface area contributed by atoms with Crippen LogP contribution < -0.4 is 10.9 Å². The number of rotatable bonds is 3. The molecule has 1 fully saturated rings. The van der Waals surface area contributed by atoms with Gasteiger partial charge in [0.1, 0.15) is 5.25 Å². The molecule has 1 aliphatic rings. The Kier molecular flexibility index (Phi) is 3.07. The normalized spacial score (nSPS) is 23.8. The number of amides is 2. The van der Waals surface area contributed by atoms with E-state index < -0.39 is 5.25 Å². The van der Waals surface area contributed by atoms with Crippen molar-refractivity contribution in [1.29, 1.82) is 0 Å². The molecule has 0 bridgehead atoms. The molecule has 0 aromatic heterocycles. The molecule has 12 heavy (non-hydrogen) atoms. The van der Waals surface area contributed by atoms with Gasteiger partial charge in [-0.15, -0.1) is 0 Å². The number of carbonyl (C=O) groups is 2. The van der Waals surface area contributed by atoms with Crippen molar-refractivity contribution in [2.75, 3.05) is 13.1 Å². The van der Waals surface area contributed by atoms with Crippen LogP contribution in [0, 0.1) is 0 Å². The van der Waals surface area contributed by atoms with Crippen LogP contribution in [0.5, 0.6) is 0 Å². The molecule has 0 radical (unpaired) electrons. The molecule has 5 nitrogen and oxygen atoms in total. The van der Waals surface area contributed by atoms with E-state index in [0.29, 0.717) is 13.1 Å². The zero-order chi connectivity index (χ0) is 9.14. The molecular weight excluding hydrogens is 178 g/mol. The van der Waals surface area contributed by atoms with Gasteiger partial charge in [-0.25, -0.2) is 0 Å². The van der Waals surface area contributed by atoms with Gasteiger partial charge < -0.3 is 5.73 Å². The van der Waals surface area contributed by atoms with Crippen LogP contribution >= 0.6 is 11.9 Å². The summed E-state index contributed by atoms with van der Waals surface area (Å²) in [5, 5.41) is 4.83. The van der Waals surface area contributed by atoms with E-state index >= 15 is 0 Å². The van der Waals surface area contributed by atoms with Crippen molar-refractivity contribution in [2.45, 2.75) is 11.7 Å². The molecule has 0 saturated carbocycles. The third-order valence-electron chi connectivity index (χ3n) is 1.72. The molecule has 68 valence electrons. The molecule has 4 N–H and O–H groups in total. The number of nitrogens with zero attached hydrogens (tertiary/aromatic N) is 1. The monoisotopic (exact) mass is 189 g/mol. The van der Waals surface area contributed by atoms with Gasteiger partial charge in [-0.2, -0.15) is 0 Å². The Morgan fingerprint density at radius 1 is 1.58 bits per heavy atom. The molecule has 1 rings (SSSR count). The van der Waals surface area contributed by atoms with Crippen LogP contribution in [-0.2, 0) is 9.59 Å². The first-order valence-corrected chi connectivity index (χ1v) is 4.54. The van der Waals surface area contributed by atoms with Gasteiger partial charge in [0, 0.05) is 19.5 Å². The van der Waals surface area contributed by atoms with E-state index in [4.69, 9.17) is 10.9 Å². The minimum atomic E-state index is -0.399. The van der Waals surface area contributed by atoms with Crippen LogP contribution in [0.4, 0.5) is 0 Å². The van der Waals surface area contributed by atoms with Gasteiger partial charge in [-0.1, -0.05) is 11.9 Å². The second kappa shape index (κ2) is 3.88. The average molecular weight is 189 g/mol. The number of hydrogen-bond acceptors (Lipinski definition) is 5. The number of carbonyl (C=O) groups excluding carboxylic acids is 2. The first-order chi connectivity index (χ1) is 5.70. The van der Waals surface area contributed by atoms with Crippen LogP contribution in [0.3, 0.4) is 0 Å². The molecule has 0 aromatic carbocycles. The molecule has 2 amide bonds. The summed E-state index contributed by atoms with van der Waals surface area (Å²) in [5.41, 5.74) is 5.24. The summed E-state index contributed by atoms with van der Waals surface area (Å²) >= 11 is 0.921. The lowest BCUT2D eigenvalue weighted by Gasteiger charge is -2.11. The highest BCUT2D eigenvalue weighted by Crippen LogP contribution is 2.20. The topological polar surface area (TPSA) is 89.4 Å². The van der Waals surface area contributed by atoms with Crippen molar-refractivity contribution in [3.63, 3.8) is 0 Å². The highest BCUT2D eigenvalue weighted by Gasteiger charge is 2.37. The zero-order valence-corrected chi connectivity index (χ0v) is 7.34. The van der Waals surface area contributed by atoms with Gasteiger partial charge in [0.05, 0.1) is 0 Å². The van der Waals surface area contributed by atoms with Crippen LogP contribution in [0.25, 0.3) is 0 Å². The summed E-state index contributed by atoms with van der Waals surface area (Å²) in [4.78, 5) is 23.6. The summed E-state index contributed by atoms with van der Waals surface area (Å²) < 4.78 is 0. The standard InChI is InChI=1S/C6H11N3O2S/c7-1-2-9-5(10)3-4(12-8)6(9)11/h4H,1-3,7-8H2. The Bertz CT molecular complexity index is 209. The average Bonchev–Trinajstić information content (AvgIpc) is 2.32. The predicted octanol–water partition coefficient (Wildman–Crippen LogP) is -1.32. The molecule has 1 atom stereocenters. The van der Waals surface area contributed by atoms with Crippen molar-refractivity contribution in [1.82, 2.24) is 4.90 Å². The fraction of sp³-hybridized carbons (Fsp3) is 0.667. The third-order valence-corrected chi connectivity index (χ3v) is 2.42. The number of imide groups is 1. The van der Waals surface area contributed by atoms with Gasteiger partial charge in [-0.05, 0) is 0 Å². The van der Waals surface area contributed by atoms with Crippen molar-refractivity contribution in [2.24, 2.45) is 10.9 Å². The fourth-order valence-corrected chi connectivity index (χ4v) is 1.61. The van der Waals surface area contributed by atoms with Gasteiger partial charge in [0.2, 0.25) is 11.8 Å². The highest BCUT2D eigenvalue weighted by molar-refractivity contribution is 7.98. The van der Waals surface area contributed by atoms with E-state index in [1.807, 2.05) is 0 Å². The Labute approximate surface area is 74.6 Å². The predicted molar refractivity (Wildman–Crippen MR) is 46.0 cm³/mol. The molecule has 1 unspecified atom stereocenters. The van der Waals surface area contributed by atoms with Crippen LogP contribution in [0.2, 0.25) is 0 Å². The Balaban J connectivity index is 2.64. The molecule has 0 aliphatic carbocycles. The molecule has 0 spiro atoms. The summed E-state index contributed by atoms with van der Waals surface area (Å²) in [6, 6.07) is 0. The van der Waals surface area contributed by atoms with E-state index in [1.165, 1.54) is 4.90 Å². The van der Waals surface area contributed by atoms with Crippen LogP contribution in [-0.4, -0.2) is 35.1 Å². The molecule has 1 aliphatic heterocycles. The SMILES string of the molecule is NCCN1C(=O)CC(SN)C1=O. The lowest BCUT2D eigenvalue weighted by atomic mass is 10.4. The first kappa shape index (κ1) is 9.50. The quantitative estimate of drug-likeness (QED) is 0.424. The zero-order valence-electron chi connectivity index (χ0n) is 6.53. The lowest BCUT2D eigenvalue weighted by molar-refractivity contribution is -0.138. The van der Waals surface area contributed by atoms with E-state index in [1.54, 1.807) is 0 Å². The number of likely N-dealkylation sites (tertiary alicyclic amines) is 1. The number of nitrogens with two attached hydrogens (primary N) is 2. The van der Waals surface area contributed by atoms with Crippen LogP contribution in [0.1, 0.15) is 6.42 Å². The summed E-state index contributed by atoms with van der Waals surface area (Å²) in [7, 11) is 0. The fourth-order valence-electron chi connectivity index (χ4n) is 1.12. The smallest absolute Gasteiger partial charge is 0.244 e. The maximum atomic E-state index is 11.3. The number of hydrogen-bond donors (Lipinski definition) is 2. The molecule has 6 heteroatoms.